The Morgan fingerprint density at radius 3 is 2.43 bits per heavy atom. The van der Waals surface area contributed by atoms with Crippen LogP contribution in [0.1, 0.15) is 31.2 Å². The van der Waals surface area contributed by atoms with Crippen molar-refractivity contribution in [3.05, 3.63) is 35.9 Å². The van der Waals surface area contributed by atoms with Crippen LogP contribution in [0.15, 0.2) is 30.3 Å². The molecule has 2 fully saturated rings. The molecule has 1 aliphatic carbocycles. The maximum absolute atomic E-state index is 12.6. The molecule has 3 rings (SSSR count). The summed E-state index contributed by atoms with van der Waals surface area (Å²) in [7, 11) is 0. The molecule has 0 aromatic heterocycles. The van der Waals surface area contributed by atoms with Crippen molar-refractivity contribution in [2.45, 2.75) is 25.7 Å². The minimum atomic E-state index is -0.755. The summed E-state index contributed by atoms with van der Waals surface area (Å²) in [6.07, 6.45) is 2.23. The topological polar surface area (TPSA) is 57.6 Å². The number of rotatable bonds is 4. The lowest BCUT2D eigenvalue weighted by Crippen LogP contribution is -2.33. The smallest absolute Gasteiger partial charge is 0.308 e. The minimum Gasteiger partial charge on any atom is -0.481 e. The van der Waals surface area contributed by atoms with E-state index in [-0.39, 0.29) is 23.7 Å². The van der Waals surface area contributed by atoms with Gasteiger partial charge in [0.25, 0.3) is 0 Å². The van der Waals surface area contributed by atoms with E-state index in [1.807, 2.05) is 37.3 Å². The van der Waals surface area contributed by atoms with E-state index in [9.17, 15) is 14.7 Å². The quantitative estimate of drug-likeness (QED) is 0.925. The number of hydrogen-bond acceptors (Lipinski definition) is 2. The van der Waals surface area contributed by atoms with Gasteiger partial charge in [-0.2, -0.15) is 0 Å². The highest BCUT2D eigenvalue weighted by Gasteiger charge is 2.47. The summed E-state index contributed by atoms with van der Waals surface area (Å²) in [6.45, 7) is 2.88. The van der Waals surface area contributed by atoms with Gasteiger partial charge in [0.1, 0.15) is 0 Å². The van der Waals surface area contributed by atoms with Gasteiger partial charge >= 0.3 is 5.97 Å². The average Bonchev–Trinajstić information content (AvgIpc) is 3.25. The monoisotopic (exact) mass is 287 g/mol. The zero-order chi connectivity index (χ0) is 15.0. The molecule has 0 unspecified atom stereocenters. The molecule has 1 saturated carbocycles. The van der Waals surface area contributed by atoms with Gasteiger partial charge in [-0.15, -0.1) is 0 Å². The molecule has 1 saturated heterocycles. The number of carboxylic acid groups (broad SMARTS) is 1. The molecule has 0 spiro atoms. The molecule has 4 heteroatoms. The zero-order valence-corrected chi connectivity index (χ0v) is 12.2. The molecule has 1 aromatic rings. The van der Waals surface area contributed by atoms with E-state index < -0.39 is 5.97 Å². The lowest BCUT2D eigenvalue weighted by molar-refractivity contribution is -0.142. The van der Waals surface area contributed by atoms with Gasteiger partial charge in [-0.3, -0.25) is 9.59 Å². The molecule has 1 amide bonds. The highest BCUT2D eigenvalue weighted by Crippen LogP contribution is 2.44. The summed E-state index contributed by atoms with van der Waals surface area (Å²) in [4.78, 5) is 25.8. The SMILES string of the molecule is C[C@H](C(=O)N1C[C@H](C(=O)O)[C@@H](C2CC2)C1)c1ccccc1. The lowest BCUT2D eigenvalue weighted by atomic mass is 9.92. The van der Waals surface area contributed by atoms with Crippen LogP contribution in [-0.4, -0.2) is 35.0 Å². The molecule has 0 bridgehead atoms. The maximum atomic E-state index is 12.6. The van der Waals surface area contributed by atoms with Crippen LogP contribution in [0.5, 0.6) is 0 Å². The fraction of sp³-hybridized carbons (Fsp3) is 0.529. The van der Waals surface area contributed by atoms with E-state index in [1.54, 1.807) is 4.90 Å². The van der Waals surface area contributed by atoms with Gasteiger partial charge in [0.05, 0.1) is 11.8 Å². The molecule has 1 heterocycles. The molecule has 112 valence electrons. The van der Waals surface area contributed by atoms with Gasteiger partial charge in [-0.25, -0.2) is 0 Å². The second-order valence-corrected chi connectivity index (χ2v) is 6.32. The first-order valence-corrected chi connectivity index (χ1v) is 7.64. The number of aliphatic carboxylic acids is 1. The van der Waals surface area contributed by atoms with Crippen molar-refractivity contribution in [2.75, 3.05) is 13.1 Å². The van der Waals surface area contributed by atoms with E-state index in [4.69, 9.17) is 0 Å². The number of nitrogens with zero attached hydrogens (tertiary/aromatic N) is 1. The number of benzene rings is 1. The highest BCUT2D eigenvalue weighted by molar-refractivity contribution is 5.84. The van der Waals surface area contributed by atoms with E-state index in [0.29, 0.717) is 19.0 Å². The second kappa shape index (κ2) is 5.51. The second-order valence-electron chi connectivity index (χ2n) is 6.32. The van der Waals surface area contributed by atoms with Crippen molar-refractivity contribution in [1.82, 2.24) is 4.90 Å². The Kier molecular flexibility index (Phi) is 3.70. The van der Waals surface area contributed by atoms with Gasteiger partial charge in [-0.05, 0) is 37.2 Å². The number of amides is 1. The summed E-state index contributed by atoms with van der Waals surface area (Å²) < 4.78 is 0. The summed E-state index contributed by atoms with van der Waals surface area (Å²) in [5.41, 5.74) is 0.990. The molecule has 0 radical (unpaired) electrons. The van der Waals surface area contributed by atoms with Crippen LogP contribution in [0.3, 0.4) is 0 Å². The molecule has 4 nitrogen and oxygen atoms in total. The standard InChI is InChI=1S/C17H21NO3/c1-11(12-5-3-2-4-6-12)16(19)18-9-14(13-7-8-13)15(10-18)17(20)21/h2-6,11,13-15H,7-10H2,1H3,(H,20,21)/t11-,14+,15-/m0/s1. The third kappa shape index (κ3) is 2.80. The van der Waals surface area contributed by atoms with Crippen LogP contribution in [0.4, 0.5) is 0 Å². The van der Waals surface area contributed by atoms with Crippen molar-refractivity contribution in [2.24, 2.45) is 17.8 Å². The van der Waals surface area contributed by atoms with Crippen LogP contribution in [0.25, 0.3) is 0 Å². The number of hydrogen-bond donors (Lipinski definition) is 1. The molecule has 21 heavy (non-hydrogen) atoms. The van der Waals surface area contributed by atoms with E-state index >= 15 is 0 Å². The fourth-order valence-electron chi connectivity index (χ4n) is 3.43. The van der Waals surface area contributed by atoms with Crippen LogP contribution in [-0.2, 0) is 9.59 Å². The first kappa shape index (κ1) is 14.1. The fourth-order valence-corrected chi connectivity index (χ4v) is 3.43. The molecule has 1 aliphatic heterocycles. The normalized spacial score (nSPS) is 26.6. The van der Waals surface area contributed by atoms with Crippen molar-refractivity contribution in [3.8, 4) is 0 Å². The molecule has 1 aromatic carbocycles. The Labute approximate surface area is 124 Å². The molecular weight excluding hydrogens is 266 g/mol. The Hall–Kier alpha value is -1.84. The van der Waals surface area contributed by atoms with Crippen LogP contribution >= 0.6 is 0 Å². The first-order chi connectivity index (χ1) is 10.1. The van der Waals surface area contributed by atoms with Crippen LogP contribution in [0.2, 0.25) is 0 Å². The molecule has 2 aliphatic rings. The Balaban J connectivity index is 1.72. The van der Waals surface area contributed by atoms with Gasteiger partial charge in [0, 0.05) is 13.1 Å². The van der Waals surface area contributed by atoms with Crippen molar-refractivity contribution >= 4 is 11.9 Å². The first-order valence-electron chi connectivity index (χ1n) is 7.64. The minimum absolute atomic E-state index is 0.0515. The Morgan fingerprint density at radius 1 is 1.19 bits per heavy atom. The number of carbonyl (C=O) groups excluding carboxylic acids is 1. The predicted molar refractivity (Wildman–Crippen MR) is 78.8 cm³/mol. The van der Waals surface area contributed by atoms with E-state index in [0.717, 1.165) is 18.4 Å². The molecule has 3 atom stereocenters. The summed E-state index contributed by atoms with van der Waals surface area (Å²) in [6, 6.07) is 9.68. The Morgan fingerprint density at radius 2 is 1.86 bits per heavy atom. The summed E-state index contributed by atoms with van der Waals surface area (Å²) >= 11 is 0. The summed E-state index contributed by atoms with van der Waals surface area (Å²) in [5.74, 6) is -0.640. The van der Waals surface area contributed by atoms with Crippen molar-refractivity contribution in [1.29, 1.82) is 0 Å². The lowest BCUT2D eigenvalue weighted by Gasteiger charge is -2.21. The third-order valence-corrected chi connectivity index (χ3v) is 4.89. The predicted octanol–water partition coefficient (Wildman–Crippen LogP) is 2.36. The summed E-state index contributed by atoms with van der Waals surface area (Å²) in [5, 5.41) is 9.38. The number of carboxylic acids is 1. The molecule has 1 N–H and O–H groups in total. The van der Waals surface area contributed by atoms with Crippen molar-refractivity contribution < 1.29 is 14.7 Å². The zero-order valence-electron chi connectivity index (χ0n) is 12.2. The van der Waals surface area contributed by atoms with Gasteiger partial charge in [0.2, 0.25) is 5.91 Å². The van der Waals surface area contributed by atoms with E-state index in [2.05, 4.69) is 0 Å². The van der Waals surface area contributed by atoms with Crippen LogP contribution < -0.4 is 0 Å². The largest absolute Gasteiger partial charge is 0.481 e. The maximum Gasteiger partial charge on any atom is 0.308 e. The van der Waals surface area contributed by atoms with Gasteiger partial charge in [0.15, 0.2) is 0 Å². The van der Waals surface area contributed by atoms with Crippen LogP contribution in [0, 0.1) is 17.8 Å². The van der Waals surface area contributed by atoms with Gasteiger partial charge < -0.3 is 10.0 Å². The van der Waals surface area contributed by atoms with Gasteiger partial charge in [-0.1, -0.05) is 30.3 Å². The third-order valence-electron chi connectivity index (χ3n) is 4.89. The highest BCUT2D eigenvalue weighted by atomic mass is 16.4. The average molecular weight is 287 g/mol. The molecular formula is C17H21NO3. The van der Waals surface area contributed by atoms with E-state index in [1.165, 1.54) is 0 Å². The number of carbonyl (C=O) groups is 2. The Bertz CT molecular complexity index is 538. The number of likely N-dealkylation sites (tertiary alicyclic amines) is 1. The van der Waals surface area contributed by atoms with Crippen molar-refractivity contribution in [3.63, 3.8) is 0 Å².